The first-order chi connectivity index (χ1) is 15.5. The van der Waals surface area contributed by atoms with Gasteiger partial charge in [0.25, 0.3) is 0 Å². The van der Waals surface area contributed by atoms with Crippen molar-refractivity contribution in [3.05, 3.63) is 35.8 Å². The predicted octanol–water partition coefficient (Wildman–Crippen LogP) is 2.50. The van der Waals surface area contributed by atoms with Crippen molar-refractivity contribution in [3.8, 4) is 0 Å². The zero-order valence-corrected chi connectivity index (χ0v) is 18.9. The second-order valence-corrected chi connectivity index (χ2v) is 9.67. The van der Waals surface area contributed by atoms with Crippen LogP contribution in [0.3, 0.4) is 0 Å². The second kappa shape index (κ2) is 8.71. The van der Waals surface area contributed by atoms with E-state index in [-0.39, 0.29) is 29.7 Å². The normalized spacial score (nSPS) is 27.7. The van der Waals surface area contributed by atoms with Crippen molar-refractivity contribution in [3.63, 3.8) is 0 Å². The third-order valence-corrected chi connectivity index (χ3v) is 7.28. The van der Waals surface area contributed by atoms with Gasteiger partial charge in [0.05, 0.1) is 24.0 Å². The third kappa shape index (κ3) is 4.31. The van der Waals surface area contributed by atoms with E-state index in [4.69, 9.17) is 17.3 Å². The van der Waals surface area contributed by atoms with E-state index in [0.29, 0.717) is 22.7 Å². The number of primary amides is 1. The molecule has 1 saturated heterocycles. The molecule has 9 nitrogen and oxygen atoms in total. The highest BCUT2D eigenvalue weighted by atomic mass is 35.5. The molecule has 4 atom stereocenters. The Kier molecular flexibility index (Phi) is 5.77. The smallest absolute Gasteiger partial charge is 0.229 e. The van der Waals surface area contributed by atoms with Crippen molar-refractivity contribution in [1.29, 1.82) is 0 Å². The maximum absolute atomic E-state index is 12.0. The average molecular weight is 457 g/mol. The number of carbonyl (C=O) groups is 1. The van der Waals surface area contributed by atoms with Crippen molar-refractivity contribution in [2.24, 2.45) is 29.4 Å². The molecule has 0 radical (unpaired) electrons. The van der Waals surface area contributed by atoms with E-state index in [2.05, 4.69) is 49.8 Å². The van der Waals surface area contributed by atoms with Gasteiger partial charge in [-0.1, -0.05) is 23.8 Å². The Bertz CT molecular complexity index is 1020. The minimum Gasteiger partial charge on any atom is -0.369 e. The topological polar surface area (TPSA) is 114 Å². The summed E-state index contributed by atoms with van der Waals surface area (Å²) in [6, 6.07) is -0.111. The number of nitrogens with two attached hydrogens (primary N) is 1. The Labute approximate surface area is 192 Å². The molecule has 0 unspecified atom stereocenters. The van der Waals surface area contributed by atoms with Gasteiger partial charge in [-0.25, -0.2) is 4.98 Å². The van der Waals surface area contributed by atoms with Crippen LogP contribution in [0.2, 0.25) is 5.02 Å². The van der Waals surface area contributed by atoms with Crippen LogP contribution in [0.5, 0.6) is 0 Å². The van der Waals surface area contributed by atoms with Crippen molar-refractivity contribution >= 4 is 35.0 Å². The third-order valence-electron chi connectivity index (χ3n) is 7.01. The quantitative estimate of drug-likeness (QED) is 0.548. The molecular weight excluding hydrogens is 428 g/mol. The number of hydrogen-bond donors (Lipinski definition) is 3. The van der Waals surface area contributed by atoms with Crippen LogP contribution in [0.1, 0.15) is 19.3 Å². The molecule has 2 bridgehead atoms. The summed E-state index contributed by atoms with van der Waals surface area (Å²) in [5.41, 5.74) is 6.50. The first kappa shape index (κ1) is 21.2. The van der Waals surface area contributed by atoms with Crippen molar-refractivity contribution in [2.75, 3.05) is 30.8 Å². The van der Waals surface area contributed by atoms with Crippen LogP contribution in [0.4, 0.5) is 17.5 Å². The fourth-order valence-electron chi connectivity index (χ4n) is 5.26. The highest BCUT2D eigenvalue weighted by Gasteiger charge is 2.47. The number of aromatic nitrogens is 4. The first-order valence-electron chi connectivity index (χ1n) is 11.2. The van der Waals surface area contributed by atoms with E-state index in [1.54, 1.807) is 12.4 Å². The molecule has 2 aromatic heterocycles. The van der Waals surface area contributed by atoms with Crippen LogP contribution in [0.15, 0.2) is 30.7 Å². The van der Waals surface area contributed by atoms with Crippen LogP contribution in [0.25, 0.3) is 0 Å². The SMILES string of the molecule is CN1CCC(Cn2cc(Nc3ncc(Cl)c(N[C@H]4[C@@H](C(N)=O)[C@H]5C=C[C@H]4C5)n3)cn2)CC1. The highest BCUT2D eigenvalue weighted by Crippen LogP contribution is 2.45. The Morgan fingerprint density at radius 1 is 1.25 bits per heavy atom. The van der Waals surface area contributed by atoms with Crippen LogP contribution in [-0.4, -0.2) is 56.7 Å². The fourth-order valence-corrected chi connectivity index (χ4v) is 5.41. The standard InChI is InChI=1S/C22H29ClN8O/c1-30-6-4-13(5-7-30)11-31-12-16(9-26-31)27-22-25-10-17(23)21(29-22)28-19-15-3-2-14(8-15)18(19)20(24)32/h2-3,9-10,12-15,18-19H,4-8,11H2,1H3,(H2,24,32)(H2,25,27,28,29)/t14-,15-,18-,19+/m0/s1. The van der Waals surface area contributed by atoms with Gasteiger partial charge in [-0.3, -0.25) is 9.48 Å². The molecule has 3 heterocycles. The number of nitrogens with one attached hydrogen (secondary N) is 2. The summed E-state index contributed by atoms with van der Waals surface area (Å²) in [5.74, 6) is 1.45. The van der Waals surface area contributed by atoms with Gasteiger partial charge in [-0.05, 0) is 57.2 Å². The molecule has 0 spiro atoms. The Morgan fingerprint density at radius 2 is 2.03 bits per heavy atom. The predicted molar refractivity (Wildman–Crippen MR) is 124 cm³/mol. The molecule has 170 valence electrons. The number of rotatable bonds is 7. The number of likely N-dealkylation sites (tertiary alicyclic amines) is 1. The molecule has 32 heavy (non-hydrogen) atoms. The summed E-state index contributed by atoms with van der Waals surface area (Å²) in [7, 11) is 2.17. The van der Waals surface area contributed by atoms with Crippen LogP contribution in [0, 0.1) is 23.7 Å². The van der Waals surface area contributed by atoms with Crippen molar-refractivity contribution in [2.45, 2.75) is 31.8 Å². The number of nitrogens with zero attached hydrogens (tertiary/aromatic N) is 5. The number of allylic oxidation sites excluding steroid dienone is 1. The lowest BCUT2D eigenvalue weighted by Gasteiger charge is -2.28. The number of carbonyl (C=O) groups excluding carboxylic acids is 1. The molecule has 3 aliphatic rings. The fraction of sp³-hybridized carbons (Fsp3) is 0.545. The molecule has 2 aromatic rings. The van der Waals surface area contributed by atoms with Crippen LogP contribution < -0.4 is 16.4 Å². The average Bonchev–Trinajstić information content (AvgIpc) is 3.49. The lowest BCUT2D eigenvalue weighted by molar-refractivity contribution is -0.122. The molecule has 1 amide bonds. The van der Waals surface area contributed by atoms with Gasteiger partial charge in [0.2, 0.25) is 11.9 Å². The zero-order valence-electron chi connectivity index (χ0n) is 18.1. The Morgan fingerprint density at radius 3 is 2.81 bits per heavy atom. The van der Waals surface area contributed by atoms with Crippen molar-refractivity contribution < 1.29 is 4.79 Å². The van der Waals surface area contributed by atoms with Gasteiger partial charge in [-0.2, -0.15) is 10.1 Å². The lowest BCUT2D eigenvalue weighted by Crippen LogP contribution is -2.41. The van der Waals surface area contributed by atoms with E-state index < -0.39 is 0 Å². The Balaban J connectivity index is 1.25. The molecule has 0 aromatic carbocycles. The summed E-state index contributed by atoms with van der Waals surface area (Å²) >= 11 is 6.36. The molecule has 2 aliphatic carbocycles. The van der Waals surface area contributed by atoms with E-state index in [1.165, 1.54) is 12.8 Å². The number of hydrogen-bond acceptors (Lipinski definition) is 7. The Hall–Kier alpha value is -2.65. The number of piperidine rings is 1. The van der Waals surface area contributed by atoms with E-state index in [9.17, 15) is 4.79 Å². The molecule has 2 fully saturated rings. The molecule has 10 heteroatoms. The van der Waals surface area contributed by atoms with Gasteiger partial charge in [0, 0.05) is 18.8 Å². The summed E-state index contributed by atoms with van der Waals surface area (Å²) in [5, 5.41) is 11.5. The second-order valence-electron chi connectivity index (χ2n) is 9.26. The van der Waals surface area contributed by atoms with Gasteiger partial charge < -0.3 is 21.3 Å². The first-order valence-corrected chi connectivity index (χ1v) is 11.6. The van der Waals surface area contributed by atoms with Gasteiger partial charge in [-0.15, -0.1) is 0 Å². The van der Waals surface area contributed by atoms with E-state index >= 15 is 0 Å². The summed E-state index contributed by atoms with van der Waals surface area (Å²) in [4.78, 5) is 23.2. The van der Waals surface area contributed by atoms with Gasteiger partial charge >= 0.3 is 0 Å². The highest BCUT2D eigenvalue weighted by molar-refractivity contribution is 6.32. The minimum absolute atomic E-state index is 0.111. The van der Waals surface area contributed by atoms with Crippen molar-refractivity contribution in [1.82, 2.24) is 24.6 Å². The minimum atomic E-state index is -0.292. The molecule has 1 saturated carbocycles. The van der Waals surface area contributed by atoms with Crippen LogP contribution in [-0.2, 0) is 11.3 Å². The van der Waals surface area contributed by atoms with E-state index in [0.717, 1.165) is 31.7 Å². The largest absolute Gasteiger partial charge is 0.369 e. The molecule has 5 rings (SSSR count). The van der Waals surface area contributed by atoms with Crippen LogP contribution >= 0.6 is 11.6 Å². The number of halogens is 1. The molecular formula is C22H29ClN8O. The van der Waals surface area contributed by atoms with Gasteiger partial charge in [0.1, 0.15) is 5.02 Å². The molecule has 4 N–H and O–H groups in total. The van der Waals surface area contributed by atoms with Gasteiger partial charge in [0.15, 0.2) is 5.82 Å². The summed E-state index contributed by atoms with van der Waals surface area (Å²) in [6.45, 7) is 3.19. The number of fused-ring (bicyclic) bond motifs is 2. The monoisotopic (exact) mass is 456 g/mol. The number of anilines is 3. The molecule has 1 aliphatic heterocycles. The summed E-state index contributed by atoms with van der Waals surface area (Å²) in [6.07, 6.45) is 12.9. The maximum atomic E-state index is 12.0. The lowest BCUT2D eigenvalue weighted by atomic mass is 9.88. The zero-order chi connectivity index (χ0) is 22.2. The summed E-state index contributed by atoms with van der Waals surface area (Å²) < 4.78 is 1.98. The number of amides is 1. The van der Waals surface area contributed by atoms with E-state index in [1.807, 2.05) is 10.9 Å². The maximum Gasteiger partial charge on any atom is 0.229 e.